The number of hydrogen-bond acceptors (Lipinski definition) is 1. The first-order valence-corrected chi connectivity index (χ1v) is 23.4. The molecule has 2 nitrogen and oxygen atoms in total. The van der Waals surface area contributed by atoms with E-state index >= 15 is 0 Å². The maximum atomic E-state index is 2.53. The Kier molecular flexibility index (Phi) is 8.64. The second kappa shape index (κ2) is 14.8. The number of aromatic nitrogens is 1. The summed E-state index contributed by atoms with van der Waals surface area (Å²) in [5.74, 6) is 0. The Morgan fingerprint density at radius 3 is 1.82 bits per heavy atom. The van der Waals surface area contributed by atoms with Gasteiger partial charge in [0.05, 0.1) is 22.1 Å². The molecule has 9 aromatic carbocycles. The fourth-order valence-corrected chi connectivity index (χ4v) is 12.0. The summed E-state index contributed by atoms with van der Waals surface area (Å²) in [7, 11) is 0. The van der Waals surface area contributed by atoms with Gasteiger partial charge in [-0.2, -0.15) is 0 Å². The third-order valence-corrected chi connectivity index (χ3v) is 14.9. The highest BCUT2D eigenvalue weighted by Crippen LogP contribution is 2.60. The maximum Gasteiger partial charge on any atom is 0.0714 e. The van der Waals surface area contributed by atoms with Gasteiger partial charge in [-0.3, -0.25) is 0 Å². The van der Waals surface area contributed by atoms with Crippen LogP contribution in [0.15, 0.2) is 236 Å². The molecule has 0 radical (unpaired) electrons. The number of rotatable bonds is 7. The summed E-state index contributed by atoms with van der Waals surface area (Å²) in [6.07, 6.45) is 6.93. The number of para-hydroxylation sites is 2. The minimum Gasteiger partial charge on any atom is -0.310 e. The second-order valence-corrected chi connectivity index (χ2v) is 18.7. The summed E-state index contributed by atoms with van der Waals surface area (Å²) in [4.78, 5) is 2.53. The molecule has 0 spiro atoms. The van der Waals surface area contributed by atoms with E-state index < -0.39 is 5.41 Å². The van der Waals surface area contributed by atoms with E-state index in [2.05, 4.69) is 254 Å². The first-order chi connectivity index (χ1) is 32.5. The van der Waals surface area contributed by atoms with Crippen LogP contribution in [0, 0.1) is 0 Å². The van der Waals surface area contributed by atoms with Crippen molar-refractivity contribution in [2.45, 2.75) is 37.5 Å². The highest BCUT2D eigenvalue weighted by atomic mass is 15.1. The standard InChI is InChI=1S/C64H48N2/c1-63(2)55-29-13-9-25-50(55)51-40-39-49(42-58(51)63)65(47-37-35-43(36-38-47)44-19-17-24-48(41-44)66-59-32-15-11-26-52(59)53-27-12-16-33-60(53)66)61-34-18-31-57-62(61)54-28-10-14-30-56(54)64(57,45-20-5-3-6-21-45)46-22-7-4-8-23-46/h3-8,10-24,26-42H,9,25H2,1-2H3. The average Bonchev–Trinajstić information content (AvgIpc) is 3.96. The predicted molar refractivity (Wildman–Crippen MR) is 277 cm³/mol. The van der Waals surface area contributed by atoms with Crippen LogP contribution in [0.2, 0.25) is 0 Å². The molecular formula is C64H48N2. The molecule has 3 aliphatic rings. The van der Waals surface area contributed by atoms with Crippen LogP contribution in [0.3, 0.4) is 0 Å². The lowest BCUT2D eigenvalue weighted by Gasteiger charge is -2.34. The molecule has 0 saturated heterocycles. The molecule has 1 heterocycles. The number of nitrogens with zero attached hydrogens (tertiary/aromatic N) is 2. The second-order valence-electron chi connectivity index (χ2n) is 18.7. The fourth-order valence-electron chi connectivity index (χ4n) is 12.0. The zero-order chi connectivity index (χ0) is 44.0. The molecule has 0 bridgehead atoms. The van der Waals surface area contributed by atoms with Gasteiger partial charge < -0.3 is 9.47 Å². The van der Waals surface area contributed by atoms with Crippen LogP contribution in [-0.2, 0) is 10.8 Å². The summed E-state index contributed by atoms with van der Waals surface area (Å²) in [6.45, 7) is 4.81. The Morgan fingerprint density at radius 1 is 0.470 bits per heavy atom. The topological polar surface area (TPSA) is 8.17 Å². The van der Waals surface area contributed by atoms with Crippen molar-refractivity contribution in [2.24, 2.45) is 0 Å². The lowest BCUT2D eigenvalue weighted by Crippen LogP contribution is -2.28. The molecule has 10 aromatic rings. The zero-order valence-electron chi connectivity index (χ0n) is 37.2. The average molecular weight is 845 g/mol. The van der Waals surface area contributed by atoms with Crippen molar-refractivity contribution in [2.75, 3.05) is 4.90 Å². The van der Waals surface area contributed by atoms with Gasteiger partial charge in [-0.1, -0.05) is 190 Å². The largest absolute Gasteiger partial charge is 0.310 e. The Bertz CT molecular complexity index is 3510. The van der Waals surface area contributed by atoms with E-state index in [4.69, 9.17) is 0 Å². The van der Waals surface area contributed by atoms with Crippen molar-refractivity contribution in [3.05, 3.63) is 269 Å². The molecule has 3 aliphatic carbocycles. The summed E-state index contributed by atoms with van der Waals surface area (Å²) in [5, 5.41) is 2.54. The Labute approximate surface area is 387 Å². The molecule has 0 amide bonds. The Balaban J connectivity index is 1.00. The van der Waals surface area contributed by atoms with E-state index in [1.807, 2.05) is 0 Å². The lowest BCUT2D eigenvalue weighted by molar-refractivity contribution is 0.651. The van der Waals surface area contributed by atoms with E-state index in [0.717, 1.165) is 29.9 Å². The van der Waals surface area contributed by atoms with Crippen molar-refractivity contribution in [1.82, 2.24) is 4.57 Å². The van der Waals surface area contributed by atoms with Crippen molar-refractivity contribution >= 4 is 44.4 Å². The first-order valence-electron chi connectivity index (χ1n) is 23.4. The molecule has 0 atom stereocenters. The van der Waals surface area contributed by atoms with Gasteiger partial charge in [0.2, 0.25) is 0 Å². The van der Waals surface area contributed by atoms with Gasteiger partial charge in [-0.25, -0.2) is 0 Å². The lowest BCUT2D eigenvalue weighted by atomic mass is 9.68. The highest BCUT2D eigenvalue weighted by Gasteiger charge is 2.47. The number of benzene rings is 9. The van der Waals surface area contributed by atoms with E-state index in [0.29, 0.717) is 0 Å². The first kappa shape index (κ1) is 38.5. The van der Waals surface area contributed by atoms with Crippen LogP contribution in [0.25, 0.3) is 55.3 Å². The third-order valence-electron chi connectivity index (χ3n) is 14.9. The smallest absolute Gasteiger partial charge is 0.0714 e. The summed E-state index contributed by atoms with van der Waals surface area (Å²) < 4.78 is 2.40. The van der Waals surface area contributed by atoms with Crippen LogP contribution < -0.4 is 4.90 Å². The molecule has 1 aromatic heterocycles. The van der Waals surface area contributed by atoms with Crippen LogP contribution >= 0.6 is 0 Å². The van der Waals surface area contributed by atoms with Gasteiger partial charge >= 0.3 is 0 Å². The summed E-state index contributed by atoms with van der Waals surface area (Å²) in [6, 6.07) is 81.4. The molecule has 0 saturated carbocycles. The molecule has 314 valence electrons. The van der Waals surface area contributed by atoms with E-state index in [1.165, 1.54) is 94.3 Å². The Hall–Kier alpha value is -7.94. The van der Waals surface area contributed by atoms with E-state index in [-0.39, 0.29) is 5.41 Å². The van der Waals surface area contributed by atoms with Gasteiger partial charge in [0.25, 0.3) is 0 Å². The van der Waals surface area contributed by atoms with Gasteiger partial charge in [0, 0.05) is 38.8 Å². The van der Waals surface area contributed by atoms with Crippen molar-refractivity contribution in [3.63, 3.8) is 0 Å². The molecule has 13 rings (SSSR count). The minimum absolute atomic E-state index is 0.102. The number of allylic oxidation sites excluding steroid dienone is 4. The highest BCUT2D eigenvalue weighted by molar-refractivity contribution is 6.09. The number of hydrogen-bond donors (Lipinski definition) is 0. The molecule has 0 aliphatic heterocycles. The van der Waals surface area contributed by atoms with Gasteiger partial charge in [0.15, 0.2) is 0 Å². The van der Waals surface area contributed by atoms with E-state index in [1.54, 1.807) is 0 Å². The van der Waals surface area contributed by atoms with Crippen molar-refractivity contribution < 1.29 is 0 Å². The number of fused-ring (bicyclic) bond motifs is 8. The molecule has 66 heavy (non-hydrogen) atoms. The van der Waals surface area contributed by atoms with Gasteiger partial charge in [-0.05, 0) is 129 Å². The number of anilines is 3. The predicted octanol–water partition coefficient (Wildman–Crippen LogP) is 16.7. The fraction of sp³-hybridized carbons (Fsp3) is 0.0938. The van der Waals surface area contributed by atoms with Crippen LogP contribution in [-0.4, -0.2) is 4.57 Å². The van der Waals surface area contributed by atoms with Crippen LogP contribution in [0.1, 0.15) is 60.1 Å². The minimum atomic E-state index is -0.503. The normalized spacial score (nSPS) is 15.1. The third kappa shape index (κ3) is 5.55. The van der Waals surface area contributed by atoms with Gasteiger partial charge in [-0.15, -0.1) is 0 Å². The van der Waals surface area contributed by atoms with Crippen LogP contribution in [0.5, 0.6) is 0 Å². The molecule has 0 unspecified atom stereocenters. The van der Waals surface area contributed by atoms with Gasteiger partial charge in [0.1, 0.15) is 0 Å². The Morgan fingerprint density at radius 2 is 1.09 bits per heavy atom. The molecule has 0 N–H and O–H groups in total. The molecule has 2 heteroatoms. The SMILES string of the molecule is CC1(C)C2=C(CCC=C2)c2ccc(N(c3ccc(-c4cccc(-n5c6ccccc6c6ccccc65)c4)cc3)c3cccc4c3-c3ccccc3C4(c3ccccc3)c3ccccc3)cc21. The van der Waals surface area contributed by atoms with E-state index in [9.17, 15) is 0 Å². The quantitative estimate of drug-likeness (QED) is 0.155. The summed E-state index contributed by atoms with van der Waals surface area (Å²) >= 11 is 0. The molecular weight excluding hydrogens is 797 g/mol. The van der Waals surface area contributed by atoms with Crippen molar-refractivity contribution in [1.29, 1.82) is 0 Å². The zero-order valence-corrected chi connectivity index (χ0v) is 37.2. The maximum absolute atomic E-state index is 2.53. The summed E-state index contributed by atoms with van der Waals surface area (Å²) in [5.41, 5.74) is 22.2. The molecule has 0 fully saturated rings. The van der Waals surface area contributed by atoms with Crippen molar-refractivity contribution in [3.8, 4) is 27.9 Å². The monoisotopic (exact) mass is 844 g/mol. The van der Waals surface area contributed by atoms with Crippen LogP contribution in [0.4, 0.5) is 17.1 Å².